The summed E-state index contributed by atoms with van der Waals surface area (Å²) in [5, 5.41) is 3.51. The molecule has 1 heterocycles. The van der Waals surface area contributed by atoms with Crippen molar-refractivity contribution in [3.05, 3.63) is 59.1 Å². The summed E-state index contributed by atoms with van der Waals surface area (Å²) in [6.07, 6.45) is 1.65. The molecule has 2 aromatic carbocycles. The second kappa shape index (κ2) is 10.8. The van der Waals surface area contributed by atoms with Gasteiger partial charge in [0, 0.05) is 29.6 Å². The topological polar surface area (TPSA) is 69.7 Å². The summed E-state index contributed by atoms with van der Waals surface area (Å²) in [7, 11) is 0.141. The average molecular weight is 482 g/mol. The van der Waals surface area contributed by atoms with Crippen LogP contribution in [0, 0.1) is 0 Å². The predicted molar refractivity (Wildman–Crippen MR) is 128 cm³/mol. The molecule has 6 nitrogen and oxygen atoms in total. The van der Waals surface area contributed by atoms with Crippen molar-refractivity contribution in [2.45, 2.75) is 29.5 Å². The van der Waals surface area contributed by atoms with E-state index in [4.69, 9.17) is 11.6 Å². The summed E-state index contributed by atoms with van der Waals surface area (Å²) in [4.78, 5) is 14.6. The van der Waals surface area contributed by atoms with E-state index in [1.165, 1.54) is 16.1 Å². The number of hydrogen-bond acceptors (Lipinski definition) is 5. The molecule has 2 aromatic rings. The number of piperidine rings is 1. The van der Waals surface area contributed by atoms with Crippen LogP contribution >= 0.6 is 23.4 Å². The van der Waals surface area contributed by atoms with E-state index < -0.39 is 10.0 Å². The van der Waals surface area contributed by atoms with Crippen LogP contribution in [0.15, 0.2) is 53.4 Å². The van der Waals surface area contributed by atoms with E-state index in [9.17, 15) is 13.2 Å². The number of hydrogen-bond donors (Lipinski definition) is 1. The molecule has 3 rings (SSSR count). The molecule has 1 N–H and O–H groups in total. The normalized spacial score (nSPS) is 15.9. The second-order valence-corrected chi connectivity index (χ2v) is 11.2. The van der Waals surface area contributed by atoms with Crippen LogP contribution < -0.4 is 5.32 Å². The van der Waals surface area contributed by atoms with Crippen molar-refractivity contribution in [2.24, 2.45) is 0 Å². The summed E-state index contributed by atoms with van der Waals surface area (Å²) in [6.45, 7) is 1.79. The van der Waals surface area contributed by atoms with Gasteiger partial charge < -0.3 is 10.2 Å². The Hall–Kier alpha value is -1.58. The molecule has 1 saturated heterocycles. The number of thioether (sulfide) groups is 1. The van der Waals surface area contributed by atoms with Gasteiger partial charge in [0.25, 0.3) is 0 Å². The van der Waals surface area contributed by atoms with E-state index in [1.807, 2.05) is 31.3 Å². The lowest BCUT2D eigenvalue weighted by molar-refractivity contribution is -0.113. The van der Waals surface area contributed by atoms with Gasteiger partial charge in [-0.25, -0.2) is 8.42 Å². The maximum Gasteiger partial charge on any atom is 0.243 e. The number of rotatable bonds is 8. The molecule has 9 heteroatoms. The Kier molecular flexibility index (Phi) is 8.41. The van der Waals surface area contributed by atoms with Crippen LogP contribution in [-0.4, -0.2) is 62.5 Å². The minimum atomic E-state index is -3.56. The largest absolute Gasteiger partial charge is 0.325 e. The Labute approximate surface area is 194 Å². The van der Waals surface area contributed by atoms with Crippen LogP contribution in [0.5, 0.6) is 0 Å². The Morgan fingerprint density at radius 3 is 2.35 bits per heavy atom. The van der Waals surface area contributed by atoms with Crippen LogP contribution in [0.2, 0.25) is 5.02 Å². The van der Waals surface area contributed by atoms with E-state index in [2.05, 4.69) is 10.2 Å². The minimum Gasteiger partial charge on any atom is -0.325 e. The molecule has 0 spiro atoms. The van der Waals surface area contributed by atoms with E-state index in [1.54, 1.807) is 31.3 Å². The maximum absolute atomic E-state index is 13.0. The van der Waals surface area contributed by atoms with Crippen molar-refractivity contribution >= 4 is 45.0 Å². The van der Waals surface area contributed by atoms with E-state index in [0.29, 0.717) is 22.2 Å². The van der Waals surface area contributed by atoms with Crippen LogP contribution in [-0.2, 0) is 20.6 Å². The molecule has 1 aliphatic heterocycles. The van der Waals surface area contributed by atoms with Crippen molar-refractivity contribution in [3.63, 3.8) is 0 Å². The Balaban J connectivity index is 1.51. The zero-order valence-corrected chi connectivity index (χ0v) is 20.1. The molecule has 0 atom stereocenters. The number of likely N-dealkylation sites (tertiary alicyclic amines) is 1. The van der Waals surface area contributed by atoms with Crippen LogP contribution in [0.4, 0.5) is 5.69 Å². The third kappa shape index (κ3) is 6.70. The molecule has 1 aliphatic rings. The monoisotopic (exact) mass is 481 g/mol. The zero-order valence-electron chi connectivity index (χ0n) is 17.8. The van der Waals surface area contributed by atoms with Crippen molar-refractivity contribution in [1.82, 2.24) is 9.21 Å². The summed E-state index contributed by atoms with van der Waals surface area (Å²) in [5.41, 5.74) is 1.68. The Morgan fingerprint density at radius 1 is 1.13 bits per heavy atom. The quantitative estimate of drug-likeness (QED) is 0.618. The highest BCUT2D eigenvalue weighted by atomic mass is 35.5. The zero-order chi connectivity index (χ0) is 22.4. The number of anilines is 1. The van der Waals surface area contributed by atoms with E-state index in [0.717, 1.165) is 31.5 Å². The highest BCUT2D eigenvalue weighted by Crippen LogP contribution is 2.23. The molecular weight excluding hydrogens is 454 g/mol. The van der Waals surface area contributed by atoms with E-state index >= 15 is 0 Å². The van der Waals surface area contributed by atoms with Gasteiger partial charge in [0.2, 0.25) is 15.9 Å². The highest BCUT2D eigenvalue weighted by molar-refractivity contribution is 7.99. The van der Waals surface area contributed by atoms with Crippen molar-refractivity contribution in [3.8, 4) is 0 Å². The highest BCUT2D eigenvalue weighted by Gasteiger charge is 2.30. The second-order valence-electron chi connectivity index (χ2n) is 7.75. The first-order valence-corrected chi connectivity index (χ1v) is 13.1. The first-order chi connectivity index (χ1) is 14.8. The molecule has 1 fully saturated rings. The van der Waals surface area contributed by atoms with Crippen LogP contribution in [0.25, 0.3) is 0 Å². The van der Waals surface area contributed by atoms with Crippen molar-refractivity contribution < 1.29 is 13.2 Å². The smallest absolute Gasteiger partial charge is 0.243 e. The van der Waals surface area contributed by atoms with Gasteiger partial charge in [-0.05, 0) is 74.9 Å². The number of nitrogens with one attached hydrogen (secondary N) is 1. The molecule has 0 aromatic heterocycles. The number of amides is 1. The lowest BCUT2D eigenvalue weighted by Gasteiger charge is -2.34. The molecule has 0 bridgehead atoms. The fraction of sp³-hybridized carbons (Fsp3) is 0.409. The number of carbonyl (C=O) groups is 1. The van der Waals surface area contributed by atoms with Crippen LogP contribution in [0.1, 0.15) is 18.4 Å². The number of nitrogens with zero attached hydrogens (tertiary/aromatic N) is 2. The fourth-order valence-corrected chi connectivity index (χ4v) is 5.80. The van der Waals surface area contributed by atoms with Gasteiger partial charge in [0.05, 0.1) is 10.6 Å². The molecule has 0 unspecified atom stereocenters. The lowest BCUT2D eigenvalue weighted by atomic mass is 10.1. The first-order valence-electron chi connectivity index (χ1n) is 10.1. The molecule has 168 valence electrons. The van der Waals surface area contributed by atoms with Gasteiger partial charge in [-0.3, -0.25) is 4.79 Å². The predicted octanol–water partition coefficient (Wildman–Crippen LogP) is 3.93. The standard InChI is InChI=1S/C22H28ClN3O3S2/c1-25-13-11-20(12-14-25)26(2)31(28,29)21-9-7-19(8-10-21)24-22(27)16-30-15-17-3-5-18(23)6-4-17/h3-10,20H,11-16H2,1-2H3,(H,24,27). The summed E-state index contributed by atoms with van der Waals surface area (Å²) in [5.74, 6) is 0.894. The number of benzene rings is 2. The third-order valence-electron chi connectivity index (χ3n) is 5.43. The molecule has 0 aliphatic carbocycles. The summed E-state index contributed by atoms with van der Waals surface area (Å²) >= 11 is 7.38. The third-order valence-corrected chi connectivity index (χ3v) is 8.61. The van der Waals surface area contributed by atoms with Crippen LogP contribution in [0.3, 0.4) is 0 Å². The maximum atomic E-state index is 13.0. The number of halogens is 1. The molecule has 1 amide bonds. The average Bonchev–Trinajstić information content (AvgIpc) is 2.75. The lowest BCUT2D eigenvalue weighted by Crippen LogP contribution is -2.44. The van der Waals surface area contributed by atoms with Gasteiger partial charge >= 0.3 is 0 Å². The van der Waals surface area contributed by atoms with Gasteiger partial charge in [-0.1, -0.05) is 23.7 Å². The SMILES string of the molecule is CN1CCC(N(C)S(=O)(=O)c2ccc(NC(=O)CSCc3ccc(Cl)cc3)cc2)CC1. The van der Waals surface area contributed by atoms with E-state index in [-0.39, 0.29) is 16.8 Å². The van der Waals surface area contributed by atoms with Gasteiger partial charge in [-0.2, -0.15) is 4.31 Å². The van der Waals surface area contributed by atoms with Crippen molar-refractivity contribution in [2.75, 3.05) is 38.3 Å². The molecule has 0 radical (unpaired) electrons. The van der Waals surface area contributed by atoms with Gasteiger partial charge in [-0.15, -0.1) is 11.8 Å². The Bertz CT molecular complexity index is 974. The van der Waals surface area contributed by atoms with Gasteiger partial charge in [0.15, 0.2) is 0 Å². The summed E-state index contributed by atoms with van der Waals surface area (Å²) < 4.78 is 27.4. The fourth-order valence-electron chi connectivity index (χ4n) is 3.47. The molecule has 31 heavy (non-hydrogen) atoms. The summed E-state index contributed by atoms with van der Waals surface area (Å²) in [6, 6.07) is 13.9. The molecular formula is C22H28ClN3O3S2. The van der Waals surface area contributed by atoms with Crippen molar-refractivity contribution in [1.29, 1.82) is 0 Å². The minimum absolute atomic E-state index is 0.0123. The molecule has 0 saturated carbocycles. The first kappa shape index (κ1) is 24.1. The Morgan fingerprint density at radius 2 is 1.74 bits per heavy atom. The number of sulfonamides is 1. The van der Waals surface area contributed by atoms with Gasteiger partial charge in [0.1, 0.15) is 0 Å². The number of carbonyl (C=O) groups excluding carboxylic acids is 1.